The normalized spacial score (nSPS) is 11.0. The Kier molecular flexibility index (Phi) is 4.07. The molecule has 0 aliphatic rings. The monoisotopic (exact) mass is 322 g/mol. The molecule has 1 aromatic heterocycles. The molecule has 0 radical (unpaired) electrons. The number of hydrazone groups is 1. The van der Waals surface area contributed by atoms with Gasteiger partial charge in [0, 0.05) is 23.2 Å². The van der Waals surface area contributed by atoms with Crippen molar-refractivity contribution in [2.45, 2.75) is 6.92 Å². The Morgan fingerprint density at radius 2 is 2.08 bits per heavy atom. The van der Waals surface area contributed by atoms with Crippen molar-refractivity contribution in [2.24, 2.45) is 5.10 Å². The lowest BCUT2D eigenvalue weighted by Gasteiger charge is -2.05. The molecule has 0 saturated carbocycles. The first kappa shape index (κ1) is 15.4. The second-order valence-corrected chi connectivity index (χ2v) is 5.23. The summed E-state index contributed by atoms with van der Waals surface area (Å²) in [6.45, 7) is 1.71. The standard InChI is InChI=1S/C17H14N4O3/c1-11-8-13(17(22)15(9-11)21(23)24)10-19-20-14-6-2-4-12-5-3-7-18-16(12)14/h2-10,20,22H,1H3/b19-10+. The minimum Gasteiger partial charge on any atom is -0.502 e. The summed E-state index contributed by atoms with van der Waals surface area (Å²) in [6, 6.07) is 12.4. The summed E-state index contributed by atoms with van der Waals surface area (Å²) in [4.78, 5) is 14.6. The molecular weight excluding hydrogens is 308 g/mol. The summed E-state index contributed by atoms with van der Waals surface area (Å²) in [5.41, 5.74) is 4.90. The molecular formula is C17H14N4O3. The number of aryl methyl sites for hydroxylation is 1. The van der Waals surface area contributed by atoms with Gasteiger partial charge in [0.1, 0.15) is 0 Å². The number of rotatable bonds is 4. The van der Waals surface area contributed by atoms with E-state index in [9.17, 15) is 15.2 Å². The molecule has 2 aromatic carbocycles. The van der Waals surface area contributed by atoms with Crippen molar-refractivity contribution in [3.05, 3.63) is 69.9 Å². The van der Waals surface area contributed by atoms with Crippen molar-refractivity contribution in [2.75, 3.05) is 5.43 Å². The highest BCUT2D eigenvalue weighted by atomic mass is 16.6. The van der Waals surface area contributed by atoms with Gasteiger partial charge >= 0.3 is 5.69 Å². The maximum Gasteiger partial charge on any atom is 0.311 e. The molecule has 24 heavy (non-hydrogen) atoms. The number of fused-ring (bicyclic) bond motifs is 1. The molecule has 2 N–H and O–H groups in total. The predicted molar refractivity (Wildman–Crippen MR) is 92.5 cm³/mol. The number of hydrogen-bond acceptors (Lipinski definition) is 6. The quantitative estimate of drug-likeness (QED) is 0.434. The molecule has 3 aromatic rings. The molecule has 0 bridgehead atoms. The first-order valence-corrected chi connectivity index (χ1v) is 7.17. The first-order valence-electron chi connectivity index (χ1n) is 7.17. The van der Waals surface area contributed by atoms with Crippen LogP contribution in [0.3, 0.4) is 0 Å². The van der Waals surface area contributed by atoms with E-state index >= 15 is 0 Å². The minimum atomic E-state index is -0.623. The van der Waals surface area contributed by atoms with Gasteiger partial charge in [0.05, 0.1) is 22.3 Å². The minimum absolute atomic E-state index is 0.266. The Labute approximate surface area is 137 Å². The van der Waals surface area contributed by atoms with Gasteiger partial charge in [-0.2, -0.15) is 5.10 Å². The van der Waals surface area contributed by atoms with Gasteiger partial charge in [0.25, 0.3) is 0 Å². The second kappa shape index (κ2) is 6.33. The lowest BCUT2D eigenvalue weighted by Crippen LogP contribution is -1.96. The molecule has 7 nitrogen and oxygen atoms in total. The van der Waals surface area contributed by atoms with Gasteiger partial charge in [0.15, 0.2) is 0 Å². The summed E-state index contributed by atoms with van der Waals surface area (Å²) < 4.78 is 0. The van der Waals surface area contributed by atoms with Crippen LogP contribution < -0.4 is 5.43 Å². The number of anilines is 1. The Balaban J connectivity index is 1.90. The Bertz CT molecular complexity index is 948. The van der Waals surface area contributed by atoms with Crippen molar-refractivity contribution >= 4 is 28.5 Å². The molecule has 0 atom stereocenters. The van der Waals surface area contributed by atoms with E-state index in [0.717, 1.165) is 10.9 Å². The second-order valence-electron chi connectivity index (χ2n) is 5.23. The van der Waals surface area contributed by atoms with E-state index in [1.807, 2.05) is 30.3 Å². The number of phenols is 1. The Hall–Kier alpha value is -3.48. The number of aromatic hydroxyl groups is 1. The van der Waals surface area contributed by atoms with Gasteiger partial charge in [-0.3, -0.25) is 20.5 Å². The Morgan fingerprint density at radius 3 is 2.88 bits per heavy atom. The highest BCUT2D eigenvalue weighted by Crippen LogP contribution is 2.30. The summed E-state index contributed by atoms with van der Waals surface area (Å²) in [6.07, 6.45) is 3.03. The molecule has 3 rings (SSSR count). The number of aromatic nitrogens is 1. The number of phenolic OH excluding ortho intramolecular Hbond substituents is 1. The number of nitro benzene ring substituents is 1. The average molecular weight is 322 g/mol. The molecule has 0 aliphatic carbocycles. The molecule has 1 heterocycles. The fourth-order valence-corrected chi connectivity index (χ4v) is 2.39. The van der Waals surface area contributed by atoms with Crippen LogP contribution in [-0.4, -0.2) is 21.2 Å². The molecule has 0 saturated heterocycles. The third-order valence-corrected chi connectivity index (χ3v) is 3.48. The summed E-state index contributed by atoms with van der Waals surface area (Å²) in [7, 11) is 0. The van der Waals surface area contributed by atoms with Gasteiger partial charge in [0.2, 0.25) is 5.75 Å². The third kappa shape index (κ3) is 3.00. The molecule has 0 unspecified atom stereocenters. The van der Waals surface area contributed by atoms with Crippen LogP contribution >= 0.6 is 0 Å². The van der Waals surface area contributed by atoms with Crippen molar-refractivity contribution in [1.82, 2.24) is 4.98 Å². The topological polar surface area (TPSA) is 101 Å². The van der Waals surface area contributed by atoms with Crippen LogP contribution in [-0.2, 0) is 0 Å². The van der Waals surface area contributed by atoms with Crippen LogP contribution in [0, 0.1) is 17.0 Å². The van der Waals surface area contributed by atoms with Gasteiger partial charge in [-0.25, -0.2) is 0 Å². The number of nitrogens with zero attached hydrogens (tertiary/aromatic N) is 3. The van der Waals surface area contributed by atoms with E-state index in [2.05, 4.69) is 15.5 Å². The maximum atomic E-state index is 10.9. The largest absolute Gasteiger partial charge is 0.502 e. The van der Waals surface area contributed by atoms with Gasteiger partial charge in [-0.15, -0.1) is 0 Å². The molecule has 0 fully saturated rings. The number of nitro groups is 1. The zero-order valence-electron chi connectivity index (χ0n) is 12.8. The van der Waals surface area contributed by atoms with E-state index in [1.54, 1.807) is 19.2 Å². The SMILES string of the molecule is Cc1cc(/C=N/Nc2cccc3cccnc23)c(O)c([N+](=O)[O-])c1. The zero-order valence-corrected chi connectivity index (χ0v) is 12.8. The van der Waals surface area contributed by atoms with Crippen LogP contribution in [0.4, 0.5) is 11.4 Å². The fraction of sp³-hybridized carbons (Fsp3) is 0.0588. The van der Waals surface area contributed by atoms with Crippen LogP contribution in [0.5, 0.6) is 5.75 Å². The van der Waals surface area contributed by atoms with Crippen molar-refractivity contribution < 1.29 is 10.0 Å². The van der Waals surface area contributed by atoms with E-state index in [-0.39, 0.29) is 11.3 Å². The highest BCUT2D eigenvalue weighted by Gasteiger charge is 2.16. The van der Waals surface area contributed by atoms with Gasteiger partial charge in [-0.1, -0.05) is 18.2 Å². The lowest BCUT2D eigenvalue weighted by molar-refractivity contribution is -0.385. The molecule has 7 heteroatoms. The predicted octanol–water partition coefficient (Wildman–Crippen LogP) is 3.60. The van der Waals surface area contributed by atoms with Crippen LogP contribution in [0.25, 0.3) is 10.9 Å². The number of benzene rings is 2. The fourth-order valence-electron chi connectivity index (χ4n) is 2.39. The van der Waals surface area contributed by atoms with E-state index in [4.69, 9.17) is 0 Å². The number of para-hydroxylation sites is 1. The van der Waals surface area contributed by atoms with Crippen molar-refractivity contribution in [1.29, 1.82) is 0 Å². The zero-order chi connectivity index (χ0) is 17.1. The number of pyridine rings is 1. The van der Waals surface area contributed by atoms with Gasteiger partial charge in [-0.05, 0) is 30.7 Å². The summed E-state index contributed by atoms with van der Waals surface area (Å²) >= 11 is 0. The van der Waals surface area contributed by atoms with E-state index < -0.39 is 10.7 Å². The highest BCUT2D eigenvalue weighted by molar-refractivity contribution is 5.91. The van der Waals surface area contributed by atoms with Crippen LogP contribution in [0.15, 0.2) is 53.8 Å². The van der Waals surface area contributed by atoms with Crippen LogP contribution in [0.1, 0.15) is 11.1 Å². The number of hydrogen-bond donors (Lipinski definition) is 2. The molecule has 120 valence electrons. The first-order chi connectivity index (χ1) is 11.6. The summed E-state index contributed by atoms with van der Waals surface area (Å²) in [5, 5.41) is 26.0. The maximum absolute atomic E-state index is 10.9. The Morgan fingerprint density at radius 1 is 1.29 bits per heavy atom. The van der Waals surface area contributed by atoms with Crippen molar-refractivity contribution in [3.63, 3.8) is 0 Å². The van der Waals surface area contributed by atoms with Gasteiger partial charge < -0.3 is 5.11 Å². The average Bonchev–Trinajstić information content (AvgIpc) is 2.57. The van der Waals surface area contributed by atoms with E-state index in [1.165, 1.54) is 12.3 Å². The molecule has 0 amide bonds. The summed E-state index contributed by atoms with van der Waals surface area (Å²) in [5.74, 6) is -0.410. The van der Waals surface area contributed by atoms with Crippen molar-refractivity contribution in [3.8, 4) is 5.75 Å². The molecule has 0 aliphatic heterocycles. The van der Waals surface area contributed by atoms with Crippen LogP contribution in [0.2, 0.25) is 0 Å². The number of nitrogens with one attached hydrogen (secondary N) is 1. The molecule has 0 spiro atoms. The lowest BCUT2D eigenvalue weighted by atomic mass is 10.1. The smallest absolute Gasteiger partial charge is 0.311 e. The third-order valence-electron chi connectivity index (χ3n) is 3.48. The van der Waals surface area contributed by atoms with E-state index in [0.29, 0.717) is 11.3 Å².